The zero-order valence-corrected chi connectivity index (χ0v) is 30.1. The number of carbonyl (C=O) groups is 4. The predicted molar refractivity (Wildman–Crippen MR) is 172 cm³/mol. The fourth-order valence-electron chi connectivity index (χ4n) is 4.08. The minimum absolute atomic E-state index is 0.180. The van der Waals surface area contributed by atoms with Crippen LogP contribution in [-0.2, 0) is 42.9 Å². The monoisotopic (exact) mass is 689 g/mol. The number of rotatable bonds is 8. The number of nitro groups is 1. The Bertz CT molecular complexity index is 1540. The van der Waals surface area contributed by atoms with Crippen molar-refractivity contribution in [3.05, 3.63) is 34.6 Å². The van der Waals surface area contributed by atoms with Gasteiger partial charge in [0.05, 0.1) is 38.5 Å². The molecule has 1 aliphatic heterocycles. The largest absolute Gasteiger partial charge is 0.462 e. The summed E-state index contributed by atoms with van der Waals surface area (Å²) in [5.74, 6) is -2.66. The van der Waals surface area contributed by atoms with Crippen molar-refractivity contribution < 1.29 is 47.8 Å². The molecule has 270 valence electrons. The summed E-state index contributed by atoms with van der Waals surface area (Å²) >= 11 is 0. The first-order chi connectivity index (χ1) is 22.3. The third kappa shape index (κ3) is 9.80. The molecule has 0 spiro atoms. The minimum Gasteiger partial charge on any atom is -0.462 e. The summed E-state index contributed by atoms with van der Waals surface area (Å²) < 4.78 is 31.2. The van der Waals surface area contributed by atoms with Gasteiger partial charge in [-0.25, -0.2) is 9.67 Å². The van der Waals surface area contributed by atoms with Gasteiger partial charge in [0, 0.05) is 6.07 Å². The summed E-state index contributed by atoms with van der Waals surface area (Å²) in [6.07, 6.45) is -4.52. The average Bonchev–Trinajstić information content (AvgIpc) is 3.46. The van der Waals surface area contributed by atoms with Crippen LogP contribution in [0.3, 0.4) is 0 Å². The number of ether oxygens (including phenoxy) is 5. The van der Waals surface area contributed by atoms with Crippen LogP contribution in [0.5, 0.6) is 0 Å². The molecule has 16 heteroatoms. The molecule has 16 nitrogen and oxygen atoms in total. The number of pyridine rings is 1. The predicted octanol–water partition coefficient (Wildman–Crippen LogP) is 4.61. The van der Waals surface area contributed by atoms with E-state index in [9.17, 15) is 29.3 Å². The molecule has 3 heterocycles. The maximum Gasteiger partial charge on any atom is 0.311 e. The normalized spacial score (nSPS) is 21.8. The van der Waals surface area contributed by atoms with Crippen LogP contribution in [-0.4, -0.2) is 79.8 Å². The van der Waals surface area contributed by atoms with Gasteiger partial charge in [0.25, 0.3) is 5.69 Å². The Labute approximate surface area is 285 Å². The van der Waals surface area contributed by atoms with E-state index >= 15 is 0 Å². The van der Waals surface area contributed by atoms with Crippen molar-refractivity contribution >= 4 is 29.6 Å². The second kappa shape index (κ2) is 14.2. The Morgan fingerprint density at radius 2 is 1.24 bits per heavy atom. The smallest absolute Gasteiger partial charge is 0.311 e. The molecule has 1 fully saturated rings. The Balaban J connectivity index is 2.21. The molecule has 49 heavy (non-hydrogen) atoms. The quantitative estimate of drug-likeness (QED) is 0.161. The highest BCUT2D eigenvalue weighted by Gasteiger charge is 2.55. The molecule has 0 aromatic carbocycles. The summed E-state index contributed by atoms with van der Waals surface area (Å²) in [5.41, 5.74) is -3.80. The molecule has 0 saturated carbocycles. The van der Waals surface area contributed by atoms with Gasteiger partial charge in [0.15, 0.2) is 24.5 Å². The Morgan fingerprint density at radius 3 is 1.69 bits per heavy atom. The van der Waals surface area contributed by atoms with Crippen LogP contribution in [0.4, 0.5) is 5.69 Å². The van der Waals surface area contributed by atoms with Gasteiger partial charge in [-0.05, 0) is 89.2 Å². The Hall–Kier alpha value is -4.47. The summed E-state index contributed by atoms with van der Waals surface area (Å²) in [5, 5.41) is 19.4. The molecule has 0 aliphatic carbocycles. The van der Waals surface area contributed by atoms with E-state index in [1.807, 2.05) is 0 Å². The van der Waals surface area contributed by atoms with Crippen LogP contribution in [0, 0.1) is 31.8 Å². The maximum absolute atomic E-state index is 13.5. The van der Waals surface area contributed by atoms with Crippen LogP contribution < -0.4 is 0 Å². The topological polar surface area (TPSA) is 201 Å². The van der Waals surface area contributed by atoms with Crippen molar-refractivity contribution in [3.63, 3.8) is 0 Å². The van der Waals surface area contributed by atoms with E-state index in [0.717, 1.165) is 6.20 Å². The Kier molecular flexibility index (Phi) is 11.3. The van der Waals surface area contributed by atoms with Gasteiger partial charge < -0.3 is 23.7 Å². The van der Waals surface area contributed by atoms with Crippen LogP contribution in [0.25, 0.3) is 11.4 Å². The highest BCUT2D eigenvalue weighted by atomic mass is 16.7. The van der Waals surface area contributed by atoms with Crippen LogP contribution in [0.2, 0.25) is 0 Å². The number of aromatic nitrogens is 4. The van der Waals surface area contributed by atoms with Crippen molar-refractivity contribution in [3.8, 4) is 11.4 Å². The van der Waals surface area contributed by atoms with E-state index in [4.69, 9.17) is 23.7 Å². The second-order valence-corrected chi connectivity index (χ2v) is 16.0. The first kappa shape index (κ1) is 39.0. The standard InChI is InChI=1S/C33H47N5O11/c1-30(2,3)26(39)45-17-21-22(47-27(40)31(4,5)6)23(48-28(41)32(7,8)9)24(49-29(42)33(10,11)12)25(46-21)37-16-20(35-36-37)19-14-13-18(15-34-19)38(43)44/h13-16,21-25H,17H2,1-12H3/t21-,22-,23+,24-,25-/m1/s1. The van der Waals surface area contributed by atoms with E-state index in [-0.39, 0.29) is 17.1 Å². The fourth-order valence-corrected chi connectivity index (χ4v) is 4.08. The van der Waals surface area contributed by atoms with Gasteiger partial charge in [0.1, 0.15) is 24.6 Å². The molecule has 0 amide bonds. The third-order valence-electron chi connectivity index (χ3n) is 7.16. The van der Waals surface area contributed by atoms with Gasteiger partial charge in [-0.3, -0.25) is 29.3 Å². The van der Waals surface area contributed by atoms with Crippen molar-refractivity contribution in [2.75, 3.05) is 6.61 Å². The van der Waals surface area contributed by atoms with Gasteiger partial charge in [-0.15, -0.1) is 5.10 Å². The fraction of sp³-hybridized carbons (Fsp3) is 0.667. The highest BCUT2D eigenvalue weighted by molar-refractivity contribution is 5.78. The SMILES string of the molecule is CC(C)(C)C(=O)OC[C@H]1O[C@@H](n2cc(-c3ccc([N+](=O)[O-])cn3)nn2)[C@H](OC(=O)C(C)(C)C)[C@@H](OC(=O)C(C)(C)C)[C@@H]1OC(=O)C(C)(C)C. The van der Waals surface area contributed by atoms with Crippen molar-refractivity contribution in [2.45, 2.75) is 114 Å². The van der Waals surface area contributed by atoms with Crippen molar-refractivity contribution in [1.82, 2.24) is 20.0 Å². The summed E-state index contributed by atoms with van der Waals surface area (Å²) in [6.45, 7) is 19.2. The molecular formula is C33H47N5O11. The number of nitrogens with zero attached hydrogens (tertiary/aromatic N) is 5. The first-order valence-corrected chi connectivity index (χ1v) is 15.8. The Morgan fingerprint density at radius 1 is 0.755 bits per heavy atom. The lowest BCUT2D eigenvalue weighted by Crippen LogP contribution is -2.62. The van der Waals surface area contributed by atoms with Gasteiger partial charge >= 0.3 is 23.9 Å². The molecule has 0 radical (unpaired) electrons. The van der Waals surface area contributed by atoms with Crippen LogP contribution in [0.1, 0.15) is 89.3 Å². The van der Waals surface area contributed by atoms with Crippen LogP contribution >= 0.6 is 0 Å². The highest BCUT2D eigenvalue weighted by Crippen LogP contribution is 2.38. The van der Waals surface area contributed by atoms with E-state index in [1.54, 1.807) is 83.1 Å². The zero-order valence-electron chi connectivity index (χ0n) is 30.1. The molecule has 0 N–H and O–H groups in total. The molecule has 1 aliphatic rings. The minimum atomic E-state index is -1.48. The van der Waals surface area contributed by atoms with Gasteiger partial charge in [-0.1, -0.05) is 5.21 Å². The van der Waals surface area contributed by atoms with Crippen molar-refractivity contribution in [2.24, 2.45) is 21.7 Å². The number of esters is 4. The molecule has 0 bridgehead atoms. The third-order valence-corrected chi connectivity index (χ3v) is 7.16. The number of hydrogen-bond donors (Lipinski definition) is 0. The van der Waals surface area contributed by atoms with Crippen LogP contribution in [0.15, 0.2) is 24.5 Å². The van der Waals surface area contributed by atoms with Gasteiger partial charge in [-0.2, -0.15) is 0 Å². The lowest BCUT2D eigenvalue weighted by atomic mass is 9.92. The van der Waals surface area contributed by atoms with E-state index in [1.165, 1.54) is 23.0 Å². The summed E-state index contributed by atoms with van der Waals surface area (Å²) in [6, 6.07) is 2.64. The van der Waals surface area contributed by atoms with Crippen molar-refractivity contribution in [1.29, 1.82) is 0 Å². The molecular weight excluding hydrogens is 642 g/mol. The number of carbonyl (C=O) groups excluding carboxylic acids is 4. The molecule has 0 unspecified atom stereocenters. The lowest BCUT2D eigenvalue weighted by molar-refractivity contribution is -0.385. The van der Waals surface area contributed by atoms with Gasteiger partial charge in [0.2, 0.25) is 0 Å². The average molecular weight is 690 g/mol. The molecule has 2 aromatic heterocycles. The lowest BCUT2D eigenvalue weighted by Gasteiger charge is -2.45. The van der Waals surface area contributed by atoms with E-state index < -0.39 is 87.7 Å². The summed E-state index contributed by atoms with van der Waals surface area (Å²) in [4.78, 5) is 67.8. The zero-order chi connectivity index (χ0) is 37.3. The second-order valence-electron chi connectivity index (χ2n) is 16.0. The summed E-state index contributed by atoms with van der Waals surface area (Å²) in [7, 11) is 0. The molecule has 1 saturated heterocycles. The molecule has 2 aromatic rings. The first-order valence-electron chi connectivity index (χ1n) is 15.8. The molecule has 3 rings (SSSR count). The number of hydrogen-bond acceptors (Lipinski definition) is 14. The maximum atomic E-state index is 13.5. The van der Waals surface area contributed by atoms with E-state index in [2.05, 4.69) is 15.3 Å². The molecule has 5 atom stereocenters. The van der Waals surface area contributed by atoms with E-state index in [0.29, 0.717) is 0 Å².